The minimum absolute atomic E-state index is 0.555. The van der Waals surface area contributed by atoms with Crippen molar-refractivity contribution in [1.82, 2.24) is 4.57 Å². The van der Waals surface area contributed by atoms with Crippen LogP contribution in [0, 0.1) is 6.57 Å². The van der Waals surface area contributed by atoms with Crippen LogP contribution in [0.4, 0.5) is 0 Å². The highest BCUT2D eigenvalue weighted by molar-refractivity contribution is 5.84. The van der Waals surface area contributed by atoms with Gasteiger partial charge in [-0.2, -0.15) is 0 Å². The van der Waals surface area contributed by atoms with Gasteiger partial charge < -0.3 is 9.41 Å². The molecule has 2 nitrogen and oxygen atoms in total. The number of hydrogen-bond donors (Lipinski definition) is 0. The summed E-state index contributed by atoms with van der Waals surface area (Å²) in [4.78, 5) is 3.47. The Bertz CT molecular complexity index is 748. The minimum atomic E-state index is 0.555. The minimum Gasteiger partial charge on any atom is -0.343 e. The van der Waals surface area contributed by atoms with E-state index in [0.29, 0.717) is 6.54 Å². The number of aromatic nitrogens is 1. The van der Waals surface area contributed by atoms with Gasteiger partial charge in [0.25, 0.3) is 0 Å². The Hall–Kier alpha value is -2.53. The number of para-hydroxylation sites is 1. The van der Waals surface area contributed by atoms with Gasteiger partial charge in [0.1, 0.15) is 0 Å². The Morgan fingerprint density at radius 1 is 0.950 bits per heavy atom. The van der Waals surface area contributed by atoms with Crippen molar-refractivity contribution in [3.8, 4) is 0 Å². The highest BCUT2D eigenvalue weighted by Crippen LogP contribution is 2.22. The normalized spacial score (nSPS) is 10.6. The average molecular weight is 260 g/mol. The summed E-state index contributed by atoms with van der Waals surface area (Å²) in [5.41, 5.74) is 3.81. The second kappa shape index (κ2) is 5.63. The fourth-order valence-electron chi connectivity index (χ4n) is 2.61. The molecule has 1 aromatic heterocycles. The Balaban J connectivity index is 2.00. The van der Waals surface area contributed by atoms with Crippen molar-refractivity contribution in [2.24, 2.45) is 0 Å². The van der Waals surface area contributed by atoms with E-state index >= 15 is 0 Å². The van der Waals surface area contributed by atoms with E-state index in [2.05, 4.69) is 64.1 Å². The molecule has 20 heavy (non-hydrogen) atoms. The summed E-state index contributed by atoms with van der Waals surface area (Å²) in [7, 11) is 0. The summed E-state index contributed by atoms with van der Waals surface area (Å²) in [5.74, 6) is 0. The van der Waals surface area contributed by atoms with E-state index in [4.69, 9.17) is 6.57 Å². The second-order valence-electron chi connectivity index (χ2n) is 4.92. The van der Waals surface area contributed by atoms with Crippen molar-refractivity contribution < 1.29 is 0 Å². The van der Waals surface area contributed by atoms with Gasteiger partial charge in [-0.25, -0.2) is 6.57 Å². The first-order valence-corrected chi connectivity index (χ1v) is 6.82. The molecule has 0 spiro atoms. The molecule has 0 atom stereocenters. The molecule has 0 bridgehead atoms. The van der Waals surface area contributed by atoms with Crippen molar-refractivity contribution in [3.63, 3.8) is 0 Å². The molecule has 0 N–H and O–H groups in total. The highest BCUT2D eigenvalue weighted by atomic mass is 15.0. The van der Waals surface area contributed by atoms with Gasteiger partial charge in [0.2, 0.25) is 6.54 Å². The van der Waals surface area contributed by atoms with Crippen LogP contribution in [-0.2, 0) is 13.0 Å². The van der Waals surface area contributed by atoms with Gasteiger partial charge in [-0.1, -0.05) is 48.5 Å². The maximum atomic E-state index is 6.96. The summed E-state index contributed by atoms with van der Waals surface area (Å²) in [6.45, 7) is 8.39. The summed E-state index contributed by atoms with van der Waals surface area (Å²) in [6, 6.07) is 18.9. The van der Waals surface area contributed by atoms with Gasteiger partial charge in [0.05, 0.1) is 0 Å². The molecule has 0 aliphatic carbocycles. The summed E-state index contributed by atoms with van der Waals surface area (Å²) in [6.07, 6.45) is 3.02. The first-order valence-electron chi connectivity index (χ1n) is 6.82. The van der Waals surface area contributed by atoms with Crippen LogP contribution in [0.1, 0.15) is 11.1 Å². The molecule has 3 aromatic rings. The van der Waals surface area contributed by atoms with Gasteiger partial charge in [0, 0.05) is 30.1 Å². The molecule has 3 rings (SSSR count). The predicted octanol–water partition coefficient (Wildman–Crippen LogP) is 4.15. The molecule has 2 aromatic carbocycles. The van der Waals surface area contributed by atoms with Gasteiger partial charge in [-0.3, -0.25) is 0 Å². The number of fused-ring (bicyclic) bond motifs is 1. The SMILES string of the molecule is [C-]#[N+]CCc1cn(Cc2ccccc2)c2ccccc12. The maximum absolute atomic E-state index is 6.96. The lowest BCUT2D eigenvalue weighted by atomic mass is 10.1. The summed E-state index contributed by atoms with van der Waals surface area (Å²) < 4.78 is 2.28. The van der Waals surface area contributed by atoms with Crippen LogP contribution in [0.2, 0.25) is 0 Å². The zero-order chi connectivity index (χ0) is 13.8. The van der Waals surface area contributed by atoms with E-state index < -0.39 is 0 Å². The molecular weight excluding hydrogens is 244 g/mol. The second-order valence-corrected chi connectivity index (χ2v) is 4.92. The number of nitrogens with zero attached hydrogens (tertiary/aromatic N) is 2. The molecule has 0 radical (unpaired) electrons. The molecular formula is C18H16N2. The third-order valence-electron chi connectivity index (χ3n) is 3.56. The molecule has 0 amide bonds. The number of rotatable bonds is 4. The van der Waals surface area contributed by atoms with Crippen LogP contribution in [0.25, 0.3) is 15.7 Å². The molecule has 2 heteroatoms. The first-order chi connectivity index (χ1) is 9.88. The quantitative estimate of drug-likeness (QED) is 0.623. The van der Waals surface area contributed by atoms with Gasteiger partial charge in [-0.15, -0.1) is 0 Å². The van der Waals surface area contributed by atoms with E-state index in [-0.39, 0.29) is 0 Å². The van der Waals surface area contributed by atoms with Gasteiger partial charge in [0.15, 0.2) is 0 Å². The summed E-state index contributed by atoms with van der Waals surface area (Å²) >= 11 is 0. The number of benzene rings is 2. The Morgan fingerprint density at radius 3 is 2.50 bits per heavy atom. The monoisotopic (exact) mass is 260 g/mol. The molecule has 0 saturated carbocycles. The fraction of sp³-hybridized carbons (Fsp3) is 0.167. The van der Waals surface area contributed by atoms with Crippen molar-refractivity contribution in [2.45, 2.75) is 13.0 Å². The molecule has 1 heterocycles. The molecule has 98 valence electrons. The standard InChI is InChI=1S/C18H16N2/c1-19-12-11-16-14-20(13-15-7-3-2-4-8-15)18-10-6-5-9-17(16)18/h2-10,14H,11-13H2. The summed E-state index contributed by atoms with van der Waals surface area (Å²) in [5, 5.41) is 1.27. The molecule has 0 fully saturated rings. The predicted molar refractivity (Wildman–Crippen MR) is 82.7 cm³/mol. The van der Waals surface area contributed by atoms with E-state index in [0.717, 1.165) is 13.0 Å². The van der Waals surface area contributed by atoms with E-state index in [1.807, 2.05) is 6.07 Å². The maximum Gasteiger partial charge on any atom is 0.218 e. The van der Waals surface area contributed by atoms with Crippen LogP contribution in [0.5, 0.6) is 0 Å². The molecule has 0 saturated heterocycles. The van der Waals surface area contributed by atoms with Crippen molar-refractivity contribution in [1.29, 1.82) is 0 Å². The number of hydrogen-bond acceptors (Lipinski definition) is 0. The zero-order valence-electron chi connectivity index (χ0n) is 11.3. The van der Waals surface area contributed by atoms with E-state index in [9.17, 15) is 0 Å². The lowest BCUT2D eigenvalue weighted by Crippen LogP contribution is -1.97. The van der Waals surface area contributed by atoms with E-state index in [1.54, 1.807) is 0 Å². The fourth-order valence-corrected chi connectivity index (χ4v) is 2.61. The highest BCUT2D eigenvalue weighted by Gasteiger charge is 2.08. The van der Waals surface area contributed by atoms with Crippen molar-refractivity contribution in [2.75, 3.05) is 6.54 Å². The largest absolute Gasteiger partial charge is 0.343 e. The van der Waals surface area contributed by atoms with E-state index in [1.165, 1.54) is 22.0 Å². The van der Waals surface area contributed by atoms with Gasteiger partial charge >= 0.3 is 0 Å². The van der Waals surface area contributed by atoms with Crippen LogP contribution in [-0.4, -0.2) is 11.1 Å². The lowest BCUT2D eigenvalue weighted by Gasteiger charge is -2.05. The Kier molecular flexibility index (Phi) is 3.52. The zero-order valence-corrected chi connectivity index (χ0v) is 11.3. The molecule has 0 aliphatic heterocycles. The Morgan fingerprint density at radius 2 is 1.70 bits per heavy atom. The first kappa shape index (κ1) is 12.5. The smallest absolute Gasteiger partial charge is 0.218 e. The van der Waals surface area contributed by atoms with Crippen molar-refractivity contribution >= 4 is 10.9 Å². The van der Waals surface area contributed by atoms with Crippen molar-refractivity contribution in [3.05, 3.63) is 83.3 Å². The lowest BCUT2D eigenvalue weighted by molar-refractivity contribution is 0.830. The Labute approximate surface area is 119 Å². The molecule has 0 aliphatic rings. The van der Waals surface area contributed by atoms with Crippen LogP contribution in [0.3, 0.4) is 0 Å². The third-order valence-corrected chi connectivity index (χ3v) is 3.56. The van der Waals surface area contributed by atoms with Crippen LogP contribution >= 0.6 is 0 Å². The van der Waals surface area contributed by atoms with Crippen LogP contribution < -0.4 is 0 Å². The van der Waals surface area contributed by atoms with Gasteiger partial charge in [-0.05, 0) is 17.2 Å². The third kappa shape index (κ3) is 2.44. The molecule has 0 unspecified atom stereocenters. The van der Waals surface area contributed by atoms with Crippen LogP contribution in [0.15, 0.2) is 60.8 Å². The topological polar surface area (TPSA) is 9.29 Å². The average Bonchev–Trinajstić information content (AvgIpc) is 2.85.